The largest absolute Gasteiger partial charge is 0.312 e. The van der Waals surface area contributed by atoms with Crippen LogP contribution < -0.4 is 5.32 Å². The summed E-state index contributed by atoms with van der Waals surface area (Å²) < 4.78 is 12.8. The van der Waals surface area contributed by atoms with E-state index < -0.39 is 0 Å². The van der Waals surface area contributed by atoms with Crippen molar-refractivity contribution >= 4 is 34.7 Å². The van der Waals surface area contributed by atoms with E-state index in [0.29, 0.717) is 0 Å². The fourth-order valence-electron chi connectivity index (χ4n) is 1.55. The first kappa shape index (κ1) is 13.9. The zero-order chi connectivity index (χ0) is 13.0. The summed E-state index contributed by atoms with van der Waals surface area (Å²) in [5.41, 5.74) is 0. The molecule has 0 radical (unpaired) electrons. The molecule has 5 heteroatoms. The molecule has 0 aliphatic heterocycles. The number of thioether (sulfide) groups is 1. The summed E-state index contributed by atoms with van der Waals surface area (Å²) in [5.74, 6) is 0.661. The zero-order valence-electron chi connectivity index (χ0n) is 9.82. The predicted octanol–water partition coefficient (Wildman–Crippen LogP) is 4.59. The van der Waals surface area contributed by atoms with Crippen LogP contribution in [0.3, 0.4) is 0 Å². The van der Waals surface area contributed by atoms with Crippen LogP contribution in [0, 0.1) is 5.82 Å². The minimum Gasteiger partial charge on any atom is -0.312 e. The number of rotatable bonds is 5. The van der Waals surface area contributed by atoms with Crippen molar-refractivity contribution < 1.29 is 4.39 Å². The van der Waals surface area contributed by atoms with Gasteiger partial charge in [0.15, 0.2) is 0 Å². The molecular weight excluding hydrogens is 289 g/mol. The smallest absolute Gasteiger partial charge is 0.123 e. The van der Waals surface area contributed by atoms with Gasteiger partial charge >= 0.3 is 0 Å². The van der Waals surface area contributed by atoms with Crippen molar-refractivity contribution in [1.82, 2.24) is 5.32 Å². The Morgan fingerprint density at radius 2 is 2.06 bits per heavy atom. The van der Waals surface area contributed by atoms with Crippen molar-refractivity contribution in [2.24, 2.45) is 0 Å². The van der Waals surface area contributed by atoms with Gasteiger partial charge in [-0.1, -0.05) is 11.6 Å². The van der Waals surface area contributed by atoms with E-state index in [1.165, 1.54) is 12.1 Å². The van der Waals surface area contributed by atoms with Crippen molar-refractivity contribution in [1.29, 1.82) is 0 Å². The summed E-state index contributed by atoms with van der Waals surface area (Å²) in [7, 11) is 1.92. The molecule has 0 spiro atoms. The Labute approximate surface area is 119 Å². The molecule has 0 fully saturated rings. The lowest BCUT2D eigenvalue weighted by atomic mass is 10.3. The lowest BCUT2D eigenvalue weighted by Crippen LogP contribution is -2.17. The van der Waals surface area contributed by atoms with E-state index in [4.69, 9.17) is 11.6 Å². The van der Waals surface area contributed by atoms with Crippen LogP contribution in [0.5, 0.6) is 0 Å². The molecule has 2 aromatic rings. The maximum Gasteiger partial charge on any atom is 0.123 e. The quantitative estimate of drug-likeness (QED) is 0.810. The zero-order valence-corrected chi connectivity index (χ0v) is 12.2. The summed E-state index contributed by atoms with van der Waals surface area (Å²) in [4.78, 5) is 2.21. The van der Waals surface area contributed by atoms with Gasteiger partial charge < -0.3 is 5.32 Å². The highest BCUT2D eigenvalue weighted by molar-refractivity contribution is 7.99. The van der Waals surface area contributed by atoms with Gasteiger partial charge in [-0.05, 0) is 42.8 Å². The number of hydrogen-bond donors (Lipinski definition) is 1. The lowest BCUT2D eigenvalue weighted by Gasteiger charge is -2.14. The highest BCUT2D eigenvalue weighted by Gasteiger charge is 2.14. The summed E-state index contributed by atoms with van der Waals surface area (Å²) in [6.45, 7) is 0. The topological polar surface area (TPSA) is 12.0 Å². The minimum atomic E-state index is -0.203. The van der Waals surface area contributed by atoms with Crippen LogP contribution in [-0.4, -0.2) is 12.8 Å². The van der Waals surface area contributed by atoms with Gasteiger partial charge in [-0.3, -0.25) is 0 Å². The Kier molecular flexibility index (Phi) is 5.06. The fourth-order valence-corrected chi connectivity index (χ4v) is 3.98. The van der Waals surface area contributed by atoms with Crippen molar-refractivity contribution in [3.8, 4) is 0 Å². The van der Waals surface area contributed by atoms with E-state index in [-0.39, 0.29) is 11.9 Å². The van der Waals surface area contributed by atoms with Gasteiger partial charge in [0.2, 0.25) is 0 Å². The monoisotopic (exact) mass is 301 g/mol. The lowest BCUT2D eigenvalue weighted by molar-refractivity contribution is 0.626. The second-order valence-electron chi connectivity index (χ2n) is 3.74. The van der Waals surface area contributed by atoms with Crippen LogP contribution in [0.1, 0.15) is 10.9 Å². The van der Waals surface area contributed by atoms with Gasteiger partial charge in [0, 0.05) is 15.5 Å². The molecule has 96 valence electrons. The standard InChI is InChI=1S/C13H13ClFNS2/c1-16-12(13-11(14)6-7-17-13)8-18-10-4-2-9(15)3-5-10/h2-7,12,16H,8H2,1H3. The molecule has 1 heterocycles. The Morgan fingerprint density at radius 1 is 1.33 bits per heavy atom. The van der Waals surface area contributed by atoms with Gasteiger partial charge in [0.1, 0.15) is 5.82 Å². The third-order valence-corrected chi connectivity index (χ3v) is 5.12. The van der Waals surface area contributed by atoms with Crippen LogP contribution >= 0.6 is 34.7 Å². The van der Waals surface area contributed by atoms with Crippen LogP contribution in [0.25, 0.3) is 0 Å². The van der Waals surface area contributed by atoms with E-state index in [2.05, 4.69) is 5.32 Å². The Balaban J connectivity index is 2.00. The third-order valence-electron chi connectivity index (χ3n) is 2.54. The van der Waals surface area contributed by atoms with Crippen LogP contribution in [0.4, 0.5) is 4.39 Å². The molecule has 1 N–H and O–H groups in total. The van der Waals surface area contributed by atoms with Crippen molar-refractivity contribution in [2.75, 3.05) is 12.8 Å². The first-order valence-corrected chi connectivity index (χ1v) is 7.73. The summed E-state index contributed by atoms with van der Waals surface area (Å²) in [5, 5.41) is 6.05. The third kappa shape index (κ3) is 3.48. The normalized spacial score (nSPS) is 12.6. The summed E-state index contributed by atoms with van der Waals surface area (Å²) in [6, 6.07) is 8.68. The maximum atomic E-state index is 12.8. The second-order valence-corrected chi connectivity index (χ2v) is 6.19. The summed E-state index contributed by atoms with van der Waals surface area (Å²) >= 11 is 9.47. The molecule has 1 aromatic heterocycles. The molecular formula is C13H13ClFNS2. The van der Waals surface area contributed by atoms with Crippen LogP contribution in [0.15, 0.2) is 40.6 Å². The fraction of sp³-hybridized carbons (Fsp3) is 0.231. The predicted molar refractivity (Wildman–Crippen MR) is 78.3 cm³/mol. The van der Waals surface area contributed by atoms with Crippen molar-refractivity contribution in [2.45, 2.75) is 10.9 Å². The highest BCUT2D eigenvalue weighted by atomic mass is 35.5. The van der Waals surface area contributed by atoms with Crippen LogP contribution in [0.2, 0.25) is 5.02 Å². The van der Waals surface area contributed by atoms with E-state index >= 15 is 0 Å². The molecule has 1 aromatic carbocycles. The van der Waals surface area contributed by atoms with Crippen molar-refractivity contribution in [3.63, 3.8) is 0 Å². The van der Waals surface area contributed by atoms with E-state index in [0.717, 1.165) is 20.5 Å². The highest BCUT2D eigenvalue weighted by Crippen LogP contribution is 2.32. The molecule has 0 saturated heterocycles. The minimum absolute atomic E-state index is 0.203. The van der Waals surface area contributed by atoms with Gasteiger partial charge in [-0.15, -0.1) is 23.1 Å². The van der Waals surface area contributed by atoms with E-state index in [1.54, 1.807) is 35.2 Å². The van der Waals surface area contributed by atoms with Crippen LogP contribution in [-0.2, 0) is 0 Å². The molecule has 0 aliphatic carbocycles. The van der Waals surface area contributed by atoms with Gasteiger partial charge in [0.25, 0.3) is 0 Å². The van der Waals surface area contributed by atoms with E-state index in [9.17, 15) is 4.39 Å². The van der Waals surface area contributed by atoms with Crippen molar-refractivity contribution in [3.05, 3.63) is 51.4 Å². The second kappa shape index (κ2) is 6.57. The molecule has 1 nitrogen and oxygen atoms in total. The molecule has 0 saturated carbocycles. The Hall–Kier alpha value is -0.550. The molecule has 0 aliphatic rings. The molecule has 0 bridgehead atoms. The number of nitrogens with one attached hydrogen (secondary N) is 1. The Bertz CT molecular complexity index is 498. The van der Waals surface area contributed by atoms with E-state index in [1.807, 2.05) is 18.5 Å². The number of benzene rings is 1. The average molecular weight is 302 g/mol. The van der Waals surface area contributed by atoms with Gasteiger partial charge in [-0.25, -0.2) is 4.39 Å². The number of thiophene rings is 1. The summed E-state index contributed by atoms with van der Waals surface area (Å²) in [6.07, 6.45) is 0. The number of halogens is 2. The molecule has 1 atom stereocenters. The Morgan fingerprint density at radius 3 is 2.61 bits per heavy atom. The number of hydrogen-bond acceptors (Lipinski definition) is 3. The van der Waals surface area contributed by atoms with Gasteiger partial charge in [-0.2, -0.15) is 0 Å². The van der Waals surface area contributed by atoms with Gasteiger partial charge in [0.05, 0.1) is 11.1 Å². The SMILES string of the molecule is CNC(CSc1ccc(F)cc1)c1sccc1Cl. The molecule has 2 rings (SSSR count). The molecule has 18 heavy (non-hydrogen) atoms. The maximum absolute atomic E-state index is 12.8. The first-order valence-electron chi connectivity index (χ1n) is 5.49. The average Bonchev–Trinajstić information content (AvgIpc) is 2.79. The first-order chi connectivity index (χ1) is 8.70. The molecule has 1 unspecified atom stereocenters. The molecule has 0 amide bonds.